The number of ether oxygens (including phenoxy) is 1. The number of rotatable bonds is 5. The van der Waals surface area contributed by atoms with Crippen molar-refractivity contribution in [3.8, 4) is 17.0 Å². The first-order valence-electron chi connectivity index (χ1n) is 9.30. The molecule has 1 saturated heterocycles. The number of H-pyrrole nitrogens is 1. The predicted octanol–water partition coefficient (Wildman–Crippen LogP) is 2.81. The second-order valence-corrected chi connectivity index (χ2v) is 7.63. The minimum absolute atomic E-state index is 0.219. The highest BCUT2D eigenvalue weighted by Crippen LogP contribution is 2.33. The van der Waals surface area contributed by atoms with E-state index in [0.717, 1.165) is 18.2 Å². The third-order valence-electron chi connectivity index (χ3n) is 4.83. The lowest BCUT2D eigenvalue weighted by atomic mass is 10.0. The van der Waals surface area contributed by atoms with Gasteiger partial charge in [0.1, 0.15) is 17.1 Å². The summed E-state index contributed by atoms with van der Waals surface area (Å²) in [6.07, 6.45) is -7.12. The molecule has 0 spiro atoms. The van der Waals surface area contributed by atoms with Gasteiger partial charge in [-0.15, -0.1) is 11.6 Å². The number of halogens is 6. The summed E-state index contributed by atoms with van der Waals surface area (Å²) < 4.78 is 72.2. The van der Waals surface area contributed by atoms with Crippen molar-refractivity contribution in [1.29, 1.82) is 0 Å². The van der Waals surface area contributed by atoms with Crippen LogP contribution in [0.5, 0.6) is 5.75 Å². The lowest BCUT2D eigenvalue weighted by Gasteiger charge is -2.22. The fraction of sp³-hybridized carbons (Fsp3) is 0.368. The molecule has 2 heterocycles. The number of benzene rings is 1. The molecule has 1 aromatic heterocycles. The summed E-state index contributed by atoms with van der Waals surface area (Å²) in [5.74, 6) is -3.70. The highest BCUT2D eigenvalue weighted by Gasteiger charge is 2.39. The molecule has 3 rings (SSSR count). The van der Waals surface area contributed by atoms with Crippen LogP contribution < -0.4 is 26.5 Å². The minimum Gasteiger partial charge on any atom is -0.480 e. The Labute approximate surface area is 183 Å². The lowest BCUT2D eigenvalue weighted by Crippen LogP contribution is -2.45. The highest BCUT2D eigenvalue weighted by atomic mass is 35.5. The van der Waals surface area contributed by atoms with Crippen LogP contribution in [-0.2, 0) is 0 Å². The van der Waals surface area contributed by atoms with Crippen molar-refractivity contribution in [3.63, 3.8) is 0 Å². The zero-order chi connectivity index (χ0) is 23.8. The molecule has 1 aliphatic rings. The Balaban J connectivity index is 2.04. The van der Waals surface area contributed by atoms with Gasteiger partial charge in [-0.1, -0.05) is 0 Å². The second kappa shape index (κ2) is 9.04. The maximum Gasteiger partial charge on any atom is 0.425 e. The molecular formula is C19H18ClF5N4O3. The van der Waals surface area contributed by atoms with Crippen LogP contribution in [0.15, 0.2) is 29.1 Å². The number of pyridine rings is 1. The van der Waals surface area contributed by atoms with Gasteiger partial charge in [0.25, 0.3) is 11.5 Å². The third-order valence-corrected chi connectivity index (χ3v) is 5.21. The normalized spacial score (nSPS) is 21.9. The molecule has 0 radical (unpaired) electrons. The van der Waals surface area contributed by atoms with Crippen LogP contribution in [0.2, 0.25) is 0 Å². The SMILES string of the molecule is CC1NNC(Cl)C1NC(=O)c1cc(F)c(-c2ccc(F)c(=O)[nH]2)cc1OC(C)C(F)(F)F. The van der Waals surface area contributed by atoms with Crippen molar-refractivity contribution < 1.29 is 31.5 Å². The van der Waals surface area contributed by atoms with E-state index in [1.807, 2.05) is 0 Å². The smallest absolute Gasteiger partial charge is 0.425 e. The standard InChI is InChI=1S/C19H18ClF5N4O3/c1-7-15(16(20)29-28-7)27-17(30)10-5-12(22)9(13-4-3-11(21)18(31)26-13)6-14(10)32-8(2)19(23,24)25/h3-8,15-16,28-29H,1-2H3,(H,26,31)(H,27,30). The second-order valence-electron chi connectivity index (χ2n) is 7.16. The third kappa shape index (κ3) is 5.03. The molecule has 32 heavy (non-hydrogen) atoms. The summed E-state index contributed by atoms with van der Waals surface area (Å²) in [7, 11) is 0. The van der Waals surface area contributed by atoms with E-state index in [4.69, 9.17) is 16.3 Å². The maximum atomic E-state index is 14.8. The van der Waals surface area contributed by atoms with Crippen LogP contribution >= 0.6 is 11.6 Å². The van der Waals surface area contributed by atoms with Crippen LogP contribution in [0, 0.1) is 11.6 Å². The Morgan fingerprint density at radius 3 is 2.44 bits per heavy atom. The molecule has 1 aliphatic heterocycles. The Kier molecular flexibility index (Phi) is 6.77. The number of hydrazine groups is 1. The van der Waals surface area contributed by atoms with Gasteiger partial charge >= 0.3 is 6.18 Å². The van der Waals surface area contributed by atoms with Crippen LogP contribution in [0.3, 0.4) is 0 Å². The molecule has 2 aromatic rings. The summed E-state index contributed by atoms with van der Waals surface area (Å²) in [6.45, 7) is 2.41. The number of hydrogen-bond acceptors (Lipinski definition) is 5. The number of hydrogen-bond donors (Lipinski definition) is 4. The average molecular weight is 481 g/mol. The zero-order valence-electron chi connectivity index (χ0n) is 16.6. The summed E-state index contributed by atoms with van der Waals surface area (Å²) >= 11 is 6.05. The molecule has 4 unspecified atom stereocenters. The summed E-state index contributed by atoms with van der Waals surface area (Å²) in [4.78, 5) is 26.4. The van der Waals surface area contributed by atoms with Crippen LogP contribution in [0.4, 0.5) is 22.0 Å². The van der Waals surface area contributed by atoms with Gasteiger partial charge in [-0.05, 0) is 38.1 Å². The molecule has 1 aromatic carbocycles. The van der Waals surface area contributed by atoms with Gasteiger partial charge in [0, 0.05) is 11.6 Å². The zero-order valence-corrected chi connectivity index (χ0v) is 17.4. The number of amides is 1. The number of aromatic amines is 1. The first-order valence-corrected chi connectivity index (χ1v) is 9.74. The van der Waals surface area contributed by atoms with Gasteiger partial charge in [0.2, 0.25) is 0 Å². The molecule has 0 bridgehead atoms. The number of aromatic nitrogens is 1. The molecular weight excluding hydrogens is 463 g/mol. The largest absolute Gasteiger partial charge is 0.480 e. The van der Waals surface area contributed by atoms with E-state index in [9.17, 15) is 31.5 Å². The van der Waals surface area contributed by atoms with Crippen molar-refractivity contribution in [2.24, 2.45) is 0 Å². The number of carbonyl (C=O) groups excluding carboxylic acids is 1. The summed E-state index contributed by atoms with van der Waals surface area (Å²) in [5.41, 5.74) is 2.44. The Bertz CT molecular complexity index is 1070. The molecule has 174 valence electrons. The summed E-state index contributed by atoms with van der Waals surface area (Å²) in [6, 6.07) is 2.30. The van der Waals surface area contributed by atoms with E-state index >= 15 is 0 Å². The Morgan fingerprint density at radius 2 is 1.88 bits per heavy atom. The molecule has 7 nitrogen and oxygen atoms in total. The van der Waals surface area contributed by atoms with Crippen molar-refractivity contribution in [1.82, 2.24) is 21.2 Å². The molecule has 1 fully saturated rings. The van der Waals surface area contributed by atoms with Gasteiger partial charge in [-0.2, -0.15) is 13.2 Å². The van der Waals surface area contributed by atoms with Crippen LogP contribution in [0.1, 0.15) is 24.2 Å². The van der Waals surface area contributed by atoms with E-state index in [1.54, 1.807) is 6.92 Å². The van der Waals surface area contributed by atoms with Gasteiger partial charge in [-0.3, -0.25) is 15.0 Å². The average Bonchev–Trinajstić information content (AvgIpc) is 3.02. The molecule has 4 N–H and O–H groups in total. The molecule has 1 amide bonds. The van der Waals surface area contributed by atoms with E-state index in [2.05, 4.69) is 21.2 Å². The van der Waals surface area contributed by atoms with Crippen molar-refractivity contribution in [2.45, 2.75) is 43.7 Å². The van der Waals surface area contributed by atoms with Crippen molar-refractivity contribution >= 4 is 17.5 Å². The lowest BCUT2D eigenvalue weighted by molar-refractivity contribution is -0.189. The van der Waals surface area contributed by atoms with E-state index in [-0.39, 0.29) is 11.7 Å². The monoisotopic (exact) mass is 480 g/mol. The highest BCUT2D eigenvalue weighted by molar-refractivity contribution is 6.21. The minimum atomic E-state index is -4.78. The fourth-order valence-corrected chi connectivity index (χ4v) is 3.32. The van der Waals surface area contributed by atoms with E-state index in [1.165, 1.54) is 0 Å². The summed E-state index contributed by atoms with van der Waals surface area (Å²) in [5, 5.41) is 2.52. The first kappa shape index (κ1) is 24.0. The Hall–Kier alpha value is -2.70. The van der Waals surface area contributed by atoms with E-state index < -0.39 is 63.8 Å². The molecule has 0 aliphatic carbocycles. The van der Waals surface area contributed by atoms with Crippen molar-refractivity contribution in [3.05, 3.63) is 51.8 Å². The van der Waals surface area contributed by atoms with Gasteiger partial charge in [0.15, 0.2) is 11.9 Å². The topological polar surface area (TPSA) is 95.2 Å². The number of alkyl halides is 4. The number of nitrogens with one attached hydrogen (secondary N) is 4. The predicted molar refractivity (Wildman–Crippen MR) is 105 cm³/mol. The van der Waals surface area contributed by atoms with E-state index in [0.29, 0.717) is 13.0 Å². The first-order chi connectivity index (χ1) is 14.9. The van der Waals surface area contributed by atoms with Gasteiger partial charge < -0.3 is 15.0 Å². The fourth-order valence-electron chi connectivity index (χ4n) is 2.98. The Morgan fingerprint density at radius 1 is 1.19 bits per heavy atom. The number of carbonyl (C=O) groups is 1. The van der Waals surface area contributed by atoms with Crippen LogP contribution in [-0.4, -0.2) is 40.8 Å². The van der Waals surface area contributed by atoms with Crippen molar-refractivity contribution in [2.75, 3.05) is 0 Å². The maximum absolute atomic E-state index is 14.8. The molecule has 13 heteroatoms. The quantitative estimate of drug-likeness (QED) is 0.300. The molecule has 0 saturated carbocycles. The van der Waals surface area contributed by atoms with Gasteiger partial charge in [-0.25, -0.2) is 14.2 Å². The van der Waals surface area contributed by atoms with Gasteiger partial charge in [0.05, 0.1) is 17.3 Å². The molecule has 4 atom stereocenters. The van der Waals surface area contributed by atoms with Crippen LogP contribution in [0.25, 0.3) is 11.3 Å².